The molecule has 1 heterocycles. The third-order valence-corrected chi connectivity index (χ3v) is 4.33. The Morgan fingerprint density at radius 3 is 2.33 bits per heavy atom. The van der Waals surface area contributed by atoms with E-state index in [9.17, 15) is 9.59 Å². The van der Waals surface area contributed by atoms with Crippen molar-refractivity contribution in [3.05, 3.63) is 88.2 Å². The molecule has 27 heavy (non-hydrogen) atoms. The Morgan fingerprint density at radius 2 is 1.67 bits per heavy atom. The van der Waals surface area contributed by atoms with Gasteiger partial charge in [-0.25, -0.2) is 0 Å². The van der Waals surface area contributed by atoms with Gasteiger partial charge in [-0.2, -0.15) is 0 Å². The molecule has 0 bridgehead atoms. The van der Waals surface area contributed by atoms with E-state index in [1.54, 1.807) is 30.3 Å². The number of nitrogens with one attached hydrogen (secondary N) is 2. The molecule has 6 heteroatoms. The molecule has 5 nitrogen and oxygen atoms in total. The minimum atomic E-state index is -0.416. The van der Waals surface area contributed by atoms with Gasteiger partial charge in [0.25, 0.3) is 11.8 Å². The molecule has 2 N–H and O–H groups in total. The van der Waals surface area contributed by atoms with E-state index >= 15 is 0 Å². The third-order valence-electron chi connectivity index (χ3n) is 3.80. The van der Waals surface area contributed by atoms with Crippen molar-refractivity contribution in [3.63, 3.8) is 0 Å². The molecule has 0 fully saturated rings. The van der Waals surface area contributed by atoms with Gasteiger partial charge in [-0.3, -0.25) is 9.59 Å². The Bertz CT molecular complexity index is 976. The molecule has 136 valence electrons. The number of furan rings is 1. The van der Waals surface area contributed by atoms with Crippen LogP contribution in [-0.2, 0) is 4.79 Å². The molecule has 0 atom stereocenters. The normalized spacial score (nSPS) is 11.1. The average molecular weight is 425 g/mol. The second-order valence-electron chi connectivity index (χ2n) is 5.67. The Morgan fingerprint density at radius 1 is 0.963 bits per heavy atom. The first kappa shape index (κ1) is 18.7. The maximum Gasteiger partial charge on any atom is 0.267 e. The molecule has 2 aromatic carbocycles. The number of hydrogen-bond acceptors (Lipinski definition) is 3. The van der Waals surface area contributed by atoms with Crippen LogP contribution in [0.2, 0.25) is 0 Å². The highest BCUT2D eigenvalue weighted by Crippen LogP contribution is 2.24. The predicted octanol–water partition coefficient (Wildman–Crippen LogP) is 4.23. The van der Waals surface area contributed by atoms with Crippen LogP contribution in [0, 0.1) is 0 Å². The fourth-order valence-electron chi connectivity index (χ4n) is 2.42. The summed E-state index contributed by atoms with van der Waals surface area (Å²) in [6.07, 6.45) is 1.50. The zero-order valence-corrected chi connectivity index (χ0v) is 16.1. The predicted molar refractivity (Wildman–Crippen MR) is 108 cm³/mol. The molecule has 0 aliphatic rings. The van der Waals surface area contributed by atoms with E-state index in [4.69, 9.17) is 4.42 Å². The Balaban J connectivity index is 1.85. The molecule has 0 saturated carbocycles. The van der Waals surface area contributed by atoms with Gasteiger partial charge in [0.05, 0.1) is 0 Å². The maximum atomic E-state index is 12.4. The molecule has 0 aliphatic carbocycles. The maximum absolute atomic E-state index is 12.4. The SMILES string of the molecule is CNC(=O)/C(=C\c1ccc(-c2ccc(Br)cc2)o1)NC(=O)c1ccccc1. The zero-order valence-electron chi connectivity index (χ0n) is 14.5. The van der Waals surface area contributed by atoms with Crippen LogP contribution >= 0.6 is 15.9 Å². The molecule has 2 amide bonds. The highest BCUT2D eigenvalue weighted by molar-refractivity contribution is 9.10. The summed E-state index contributed by atoms with van der Waals surface area (Å²) in [5.41, 5.74) is 1.47. The largest absolute Gasteiger partial charge is 0.457 e. The minimum absolute atomic E-state index is 0.100. The summed E-state index contributed by atoms with van der Waals surface area (Å²) in [5, 5.41) is 5.15. The van der Waals surface area contributed by atoms with Crippen molar-refractivity contribution in [2.24, 2.45) is 0 Å². The second-order valence-corrected chi connectivity index (χ2v) is 6.58. The lowest BCUT2D eigenvalue weighted by molar-refractivity contribution is -0.117. The van der Waals surface area contributed by atoms with Gasteiger partial charge in [0, 0.05) is 28.7 Å². The van der Waals surface area contributed by atoms with Gasteiger partial charge < -0.3 is 15.1 Å². The van der Waals surface area contributed by atoms with Gasteiger partial charge in [0.1, 0.15) is 17.2 Å². The summed E-state index contributed by atoms with van der Waals surface area (Å²) in [6.45, 7) is 0. The molecule has 0 saturated heterocycles. The smallest absolute Gasteiger partial charge is 0.267 e. The van der Waals surface area contributed by atoms with Crippen LogP contribution in [0.1, 0.15) is 16.1 Å². The van der Waals surface area contributed by atoms with Gasteiger partial charge in [-0.1, -0.05) is 46.3 Å². The van der Waals surface area contributed by atoms with Crippen molar-refractivity contribution in [1.29, 1.82) is 0 Å². The highest BCUT2D eigenvalue weighted by atomic mass is 79.9. The fourth-order valence-corrected chi connectivity index (χ4v) is 2.68. The third kappa shape index (κ3) is 4.74. The Labute approximate surface area is 165 Å². The van der Waals surface area contributed by atoms with E-state index in [0.717, 1.165) is 10.0 Å². The van der Waals surface area contributed by atoms with Gasteiger partial charge in [-0.15, -0.1) is 0 Å². The van der Waals surface area contributed by atoms with Gasteiger partial charge in [-0.05, 0) is 36.4 Å². The quantitative estimate of drug-likeness (QED) is 0.602. The number of carbonyl (C=O) groups is 2. The number of carbonyl (C=O) groups excluding carboxylic acids is 2. The molecular weight excluding hydrogens is 408 g/mol. The van der Waals surface area contributed by atoms with Gasteiger partial charge in [0.15, 0.2) is 0 Å². The summed E-state index contributed by atoms with van der Waals surface area (Å²) in [5.74, 6) is 0.338. The summed E-state index contributed by atoms with van der Waals surface area (Å²) >= 11 is 3.40. The summed E-state index contributed by atoms with van der Waals surface area (Å²) in [7, 11) is 1.50. The average Bonchev–Trinajstić information content (AvgIpc) is 3.16. The monoisotopic (exact) mass is 424 g/mol. The fraction of sp³-hybridized carbons (Fsp3) is 0.0476. The van der Waals surface area contributed by atoms with Crippen molar-refractivity contribution in [2.45, 2.75) is 0 Å². The van der Waals surface area contributed by atoms with Crippen LogP contribution in [0.25, 0.3) is 17.4 Å². The number of likely N-dealkylation sites (N-methyl/N-ethyl adjacent to an activating group) is 1. The van der Waals surface area contributed by atoms with E-state index in [2.05, 4.69) is 26.6 Å². The first-order chi connectivity index (χ1) is 13.1. The lowest BCUT2D eigenvalue weighted by Crippen LogP contribution is -2.33. The number of rotatable bonds is 5. The number of halogens is 1. The molecule has 0 spiro atoms. The van der Waals surface area contributed by atoms with E-state index < -0.39 is 5.91 Å². The van der Waals surface area contributed by atoms with Crippen molar-refractivity contribution < 1.29 is 14.0 Å². The Hall–Kier alpha value is -3.12. The molecule has 3 rings (SSSR count). The van der Waals surface area contributed by atoms with Crippen LogP contribution < -0.4 is 10.6 Å². The van der Waals surface area contributed by atoms with E-state index in [0.29, 0.717) is 17.1 Å². The second kappa shape index (κ2) is 8.51. The molecular formula is C21H17BrN2O3. The minimum Gasteiger partial charge on any atom is -0.457 e. The van der Waals surface area contributed by atoms with Crippen molar-refractivity contribution in [1.82, 2.24) is 10.6 Å². The summed E-state index contributed by atoms with van der Waals surface area (Å²) in [6, 6.07) is 19.9. The highest BCUT2D eigenvalue weighted by Gasteiger charge is 2.14. The lowest BCUT2D eigenvalue weighted by Gasteiger charge is -2.08. The Kier molecular flexibility index (Phi) is 5.88. The number of benzene rings is 2. The van der Waals surface area contributed by atoms with Crippen molar-refractivity contribution in [3.8, 4) is 11.3 Å². The standard InChI is InChI=1S/C21H17BrN2O3/c1-23-21(26)18(24-20(25)15-5-3-2-4-6-15)13-17-11-12-19(27-17)14-7-9-16(22)10-8-14/h2-13H,1H3,(H,23,26)(H,24,25)/b18-13+. The first-order valence-electron chi connectivity index (χ1n) is 8.23. The zero-order chi connectivity index (χ0) is 19.2. The van der Waals surface area contributed by atoms with Crippen molar-refractivity contribution >= 4 is 33.8 Å². The molecule has 0 unspecified atom stereocenters. The van der Waals surface area contributed by atoms with E-state index in [-0.39, 0.29) is 11.6 Å². The topological polar surface area (TPSA) is 71.3 Å². The van der Waals surface area contributed by atoms with Crippen LogP contribution in [0.3, 0.4) is 0 Å². The van der Waals surface area contributed by atoms with Gasteiger partial charge in [0.2, 0.25) is 0 Å². The van der Waals surface area contributed by atoms with Crippen molar-refractivity contribution in [2.75, 3.05) is 7.05 Å². The number of amides is 2. The molecule has 1 aromatic heterocycles. The first-order valence-corrected chi connectivity index (χ1v) is 9.02. The summed E-state index contributed by atoms with van der Waals surface area (Å²) in [4.78, 5) is 24.5. The number of hydrogen-bond donors (Lipinski definition) is 2. The molecule has 0 radical (unpaired) electrons. The van der Waals surface area contributed by atoms with Crippen LogP contribution in [0.15, 0.2) is 81.3 Å². The van der Waals surface area contributed by atoms with E-state index in [1.165, 1.54) is 13.1 Å². The van der Waals surface area contributed by atoms with E-state index in [1.807, 2.05) is 36.4 Å². The van der Waals surface area contributed by atoms with Crippen LogP contribution in [0.5, 0.6) is 0 Å². The summed E-state index contributed by atoms with van der Waals surface area (Å²) < 4.78 is 6.77. The van der Waals surface area contributed by atoms with Crippen LogP contribution in [-0.4, -0.2) is 18.9 Å². The molecule has 3 aromatic rings. The van der Waals surface area contributed by atoms with Crippen LogP contribution in [0.4, 0.5) is 0 Å². The molecule has 0 aliphatic heterocycles. The van der Waals surface area contributed by atoms with Gasteiger partial charge >= 0.3 is 0 Å². The lowest BCUT2D eigenvalue weighted by atomic mass is 10.2.